The Labute approximate surface area is 103 Å². The van der Waals surface area contributed by atoms with Crippen molar-refractivity contribution in [1.29, 1.82) is 0 Å². The molecule has 0 N–H and O–H groups in total. The first kappa shape index (κ1) is 12.9. The summed E-state index contributed by atoms with van der Waals surface area (Å²) in [5, 5.41) is 0.850. The normalized spacial score (nSPS) is 13.1. The fourth-order valence-corrected chi connectivity index (χ4v) is 2.00. The molecule has 0 amide bonds. The van der Waals surface area contributed by atoms with Crippen LogP contribution in [0.15, 0.2) is 24.3 Å². The Balaban J connectivity index is 2.67. The molecule has 1 rings (SSSR count). The summed E-state index contributed by atoms with van der Waals surface area (Å²) in [6.07, 6.45) is 1.11. The van der Waals surface area contributed by atoms with E-state index in [4.69, 9.17) is 11.6 Å². The van der Waals surface area contributed by atoms with Gasteiger partial charge in [-0.3, -0.25) is 4.90 Å². The number of hydrogen-bond acceptors (Lipinski definition) is 2. The summed E-state index contributed by atoms with van der Waals surface area (Å²) < 4.78 is 0. The predicted octanol–water partition coefficient (Wildman–Crippen LogP) is 3.65. The van der Waals surface area contributed by atoms with Gasteiger partial charge in [-0.2, -0.15) is 12.6 Å². The third-order valence-corrected chi connectivity index (χ3v) is 3.35. The summed E-state index contributed by atoms with van der Waals surface area (Å²) in [5.74, 6) is 0.930. The Kier molecular flexibility index (Phi) is 5.51. The molecule has 15 heavy (non-hydrogen) atoms. The minimum absolute atomic E-state index is 0.360. The van der Waals surface area contributed by atoms with Gasteiger partial charge in [-0.1, -0.05) is 29.8 Å². The fraction of sp³-hybridized carbons (Fsp3) is 0.500. The molecule has 0 spiro atoms. The lowest BCUT2D eigenvalue weighted by Crippen LogP contribution is -2.24. The van der Waals surface area contributed by atoms with Crippen molar-refractivity contribution in [1.82, 2.24) is 4.90 Å². The standard InChI is InChI=1S/C12H18ClNS/c1-10(14(2)8-5-9-15)11-6-3-4-7-12(11)13/h3-4,6-7,10,15H,5,8-9H2,1-2H3. The molecular weight excluding hydrogens is 226 g/mol. The molecular formula is C12H18ClNS. The predicted molar refractivity (Wildman–Crippen MR) is 71.0 cm³/mol. The minimum atomic E-state index is 0.360. The lowest BCUT2D eigenvalue weighted by Gasteiger charge is -2.25. The molecule has 0 aliphatic heterocycles. The smallest absolute Gasteiger partial charge is 0.0453 e. The molecule has 0 aliphatic rings. The van der Waals surface area contributed by atoms with Gasteiger partial charge in [0.15, 0.2) is 0 Å². The van der Waals surface area contributed by atoms with Crippen molar-refractivity contribution in [3.8, 4) is 0 Å². The second-order valence-corrected chi connectivity index (χ2v) is 4.61. The first-order chi connectivity index (χ1) is 7.16. The fourth-order valence-electron chi connectivity index (χ4n) is 1.57. The number of hydrogen-bond donors (Lipinski definition) is 1. The first-order valence-electron chi connectivity index (χ1n) is 5.22. The van der Waals surface area contributed by atoms with Crippen molar-refractivity contribution in [3.63, 3.8) is 0 Å². The SMILES string of the molecule is CC(c1ccccc1Cl)N(C)CCCS. The van der Waals surface area contributed by atoms with E-state index in [1.54, 1.807) is 0 Å². The number of thiol groups is 1. The highest BCUT2D eigenvalue weighted by molar-refractivity contribution is 7.80. The molecule has 0 saturated carbocycles. The Morgan fingerprint density at radius 3 is 2.67 bits per heavy atom. The van der Waals surface area contributed by atoms with Crippen molar-refractivity contribution in [2.75, 3.05) is 19.3 Å². The molecule has 0 bridgehead atoms. The quantitative estimate of drug-likeness (QED) is 0.773. The van der Waals surface area contributed by atoms with Gasteiger partial charge in [0.25, 0.3) is 0 Å². The molecule has 1 unspecified atom stereocenters. The van der Waals surface area contributed by atoms with E-state index < -0.39 is 0 Å². The summed E-state index contributed by atoms with van der Waals surface area (Å²) in [4.78, 5) is 2.30. The van der Waals surface area contributed by atoms with Crippen molar-refractivity contribution < 1.29 is 0 Å². The van der Waals surface area contributed by atoms with E-state index >= 15 is 0 Å². The maximum atomic E-state index is 6.16. The Hall–Kier alpha value is -0.180. The summed E-state index contributed by atoms with van der Waals surface area (Å²) in [6, 6.07) is 8.39. The van der Waals surface area contributed by atoms with Gasteiger partial charge in [0.1, 0.15) is 0 Å². The van der Waals surface area contributed by atoms with Gasteiger partial charge >= 0.3 is 0 Å². The van der Waals surface area contributed by atoms with Gasteiger partial charge in [-0.05, 0) is 44.3 Å². The summed E-state index contributed by atoms with van der Waals surface area (Å²) in [6.45, 7) is 3.23. The van der Waals surface area contributed by atoms with Crippen LogP contribution in [0.25, 0.3) is 0 Å². The maximum absolute atomic E-state index is 6.16. The van der Waals surface area contributed by atoms with E-state index in [0.29, 0.717) is 6.04 Å². The average Bonchev–Trinajstić information content (AvgIpc) is 2.25. The second-order valence-electron chi connectivity index (χ2n) is 3.76. The van der Waals surface area contributed by atoms with E-state index in [1.807, 2.05) is 18.2 Å². The van der Waals surface area contributed by atoms with E-state index in [9.17, 15) is 0 Å². The van der Waals surface area contributed by atoms with Gasteiger partial charge < -0.3 is 0 Å². The van der Waals surface area contributed by atoms with E-state index in [-0.39, 0.29) is 0 Å². The van der Waals surface area contributed by atoms with Crippen LogP contribution in [0, 0.1) is 0 Å². The van der Waals surface area contributed by atoms with Crippen LogP contribution in [-0.4, -0.2) is 24.2 Å². The third-order valence-electron chi connectivity index (χ3n) is 2.69. The molecule has 1 aromatic rings. The number of rotatable bonds is 5. The molecule has 3 heteroatoms. The van der Waals surface area contributed by atoms with E-state index in [2.05, 4.69) is 37.6 Å². The zero-order chi connectivity index (χ0) is 11.3. The largest absolute Gasteiger partial charge is 0.300 e. The van der Waals surface area contributed by atoms with Crippen molar-refractivity contribution in [2.45, 2.75) is 19.4 Å². The lowest BCUT2D eigenvalue weighted by molar-refractivity contribution is 0.263. The van der Waals surface area contributed by atoms with Gasteiger partial charge in [0.05, 0.1) is 0 Å². The molecule has 0 fully saturated rings. The van der Waals surface area contributed by atoms with Crippen LogP contribution >= 0.6 is 24.2 Å². The lowest BCUT2D eigenvalue weighted by atomic mass is 10.1. The second kappa shape index (κ2) is 6.41. The van der Waals surface area contributed by atoms with Crippen LogP contribution in [0.3, 0.4) is 0 Å². The maximum Gasteiger partial charge on any atom is 0.0453 e. The van der Waals surface area contributed by atoms with Crippen LogP contribution in [0.4, 0.5) is 0 Å². The highest BCUT2D eigenvalue weighted by atomic mass is 35.5. The van der Waals surface area contributed by atoms with Crippen LogP contribution < -0.4 is 0 Å². The van der Waals surface area contributed by atoms with Crippen LogP contribution in [0.2, 0.25) is 5.02 Å². The number of nitrogens with zero attached hydrogens (tertiary/aromatic N) is 1. The molecule has 0 radical (unpaired) electrons. The molecule has 0 aromatic heterocycles. The Morgan fingerprint density at radius 2 is 2.07 bits per heavy atom. The van der Waals surface area contributed by atoms with Crippen molar-refractivity contribution in [3.05, 3.63) is 34.9 Å². The van der Waals surface area contributed by atoms with Crippen LogP contribution in [-0.2, 0) is 0 Å². The average molecular weight is 244 g/mol. The van der Waals surface area contributed by atoms with Gasteiger partial charge in [0, 0.05) is 11.1 Å². The number of halogens is 1. The Bertz CT molecular complexity index is 303. The zero-order valence-corrected chi connectivity index (χ0v) is 10.9. The third kappa shape index (κ3) is 3.71. The van der Waals surface area contributed by atoms with E-state index in [1.165, 1.54) is 5.56 Å². The summed E-state index contributed by atoms with van der Waals surface area (Å²) >= 11 is 10.4. The molecule has 0 heterocycles. The van der Waals surface area contributed by atoms with Crippen LogP contribution in [0.1, 0.15) is 24.9 Å². The van der Waals surface area contributed by atoms with Crippen LogP contribution in [0.5, 0.6) is 0 Å². The molecule has 1 nitrogen and oxygen atoms in total. The zero-order valence-electron chi connectivity index (χ0n) is 9.28. The van der Waals surface area contributed by atoms with Crippen molar-refractivity contribution in [2.24, 2.45) is 0 Å². The highest BCUT2D eigenvalue weighted by Crippen LogP contribution is 2.25. The molecule has 1 aromatic carbocycles. The molecule has 0 saturated heterocycles. The summed E-state index contributed by atoms with van der Waals surface area (Å²) in [7, 11) is 2.12. The Morgan fingerprint density at radius 1 is 1.40 bits per heavy atom. The number of benzene rings is 1. The van der Waals surface area contributed by atoms with Crippen molar-refractivity contribution >= 4 is 24.2 Å². The summed E-state index contributed by atoms with van der Waals surface area (Å²) in [5.41, 5.74) is 1.20. The van der Waals surface area contributed by atoms with Gasteiger partial charge in [-0.25, -0.2) is 0 Å². The van der Waals surface area contributed by atoms with Gasteiger partial charge in [0.2, 0.25) is 0 Å². The van der Waals surface area contributed by atoms with E-state index in [0.717, 1.165) is 23.7 Å². The first-order valence-corrected chi connectivity index (χ1v) is 6.23. The highest BCUT2D eigenvalue weighted by Gasteiger charge is 2.13. The monoisotopic (exact) mass is 243 g/mol. The van der Waals surface area contributed by atoms with Gasteiger partial charge in [-0.15, -0.1) is 0 Å². The molecule has 1 atom stereocenters. The minimum Gasteiger partial charge on any atom is -0.300 e. The molecule has 0 aliphatic carbocycles. The topological polar surface area (TPSA) is 3.24 Å². The molecule has 84 valence electrons.